The Morgan fingerprint density at radius 2 is 1.67 bits per heavy atom. The monoisotopic (exact) mass is 518 g/mol. The first kappa shape index (κ1) is 22.9. The lowest BCUT2D eigenvalue weighted by molar-refractivity contribution is 0.354. The van der Waals surface area contributed by atoms with E-state index in [0.29, 0.717) is 45.7 Å². The van der Waals surface area contributed by atoms with Crippen LogP contribution in [0.25, 0.3) is 27.8 Å². The Morgan fingerprint density at radius 1 is 0.872 bits per heavy atom. The molecular weight excluding hydrogens is 496 g/mol. The Balaban J connectivity index is 1.47. The van der Waals surface area contributed by atoms with Crippen LogP contribution in [0.3, 0.4) is 0 Å². The molecule has 3 heterocycles. The van der Waals surface area contributed by atoms with Gasteiger partial charge in [0.2, 0.25) is 5.88 Å². The maximum atomic E-state index is 10.8. The number of aromatic hydroxyl groups is 2. The predicted molar refractivity (Wildman–Crippen MR) is 144 cm³/mol. The fraction of sp³-hybridized carbons (Fsp3) is 0.100. The summed E-state index contributed by atoms with van der Waals surface area (Å²) in [5, 5.41) is 27.5. The highest BCUT2D eigenvalue weighted by molar-refractivity contribution is 5.89. The molecular formula is C30H22N4O5. The molecule has 1 atom stereocenters. The largest absolute Gasteiger partial charge is 0.508 e. The van der Waals surface area contributed by atoms with Gasteiger partial charge in [0.1, 0.15) is 23.6 Å². The molecule has 7 rings (SSSR count). The lowest BCUT2D eigenvalue weighted by Gasteiger charge is -2.28. The summed E-state index contributed by atoms with van der Waals surface area (Å²) in [5.41, 5.74) is 3.44. The van der Waals surface area contributed by atoms with Gasteiger partial charge in [0.25, 0.3) is 0 Å². The van der Waals surface area contributed by atoms with Gasteiger partial charge in [0, 0.05) is 17.5 Å². The number of hydrogen-bond acceptors (Lipinski definition) is 8. The highest BCUT2D eigenvalue weighted by Gasteiger charge is 2.34. The summed E-state index contributed by atoms with van der Waals surface area (Å²) in [7, 11) is 3.18. The molecule has 1 aliphatic heterocycles. The van der Waals surface area contributed by atoms with Crippen LogP contribution in [0.15, 0.2) is 79.1 Å². The second kappa shape index (κ2) is 8.63. The van der Waals surface area contributed by atoms with Crippen LogP contribution < -0.4 is 14.2 Å². The SMILES string of the molecule is COc1ccc(C2c3ccc(O)cc3Oc3ncn4nc(-c5cc6ccccc6cc5O)nc4c32)cc1OC. The van der Waals surface area contributed by atoms with Crippen LogP contribution in [0, 0.1) is 0 Å². The molecule has 1 unspecified atom stereocenters. The summed E-state index contributed by atoms with van der Waals surface area (Å²) in [5.74, 6) is 2.17. The van der Waals surface area contributed by atoms with Crippen LogP contribution >= 0.6 is 0 Å². The maximum Gasteiger partial charge on any atom is 0.228 e. The van der Waals surface area contributed by atoms with Crippen molar-refractivity contribution in [2.45, 2.75) is 5.92 Å². The molecule has 192 valence electrons. The molecule has 0 saturated heterocycles. The highest BCUT2D eigenvalue weighted by Crippen LogP contribution is 2.50. The molecule has 0 aliphatic carbocycles. The zero-order chi connectivity index (χ0) is 26.7. The van der Waals surface area contributed by atoms with Crippen molar-refractivity contribution in [3.05, 3.63) is 95.8 Å². The summed E-state index contributed by atoms with van der Waals surface area (Å²) >= 11 is 0. The molecule has 2 N–H and O–H groups in total. The number of ether oxygens (including phenoxy) is 3. The van der Waals surface area contributed by atoms with E-state index in [4.69, 9.17) is 19.2 Å². The van der Waals surface area contributed by atoms with Crippen LogP contribution in [0.4, 0.5) is 0 Å². The zero-order valence-electron chi connectivity index (χ0n) is 21.0. The number of hydrogen-bond donors (Lipinski definition) is 2. The van der Waals surface area contributed by atoms with E-state index < -0.39 is 0 Å². The van der Waals surface area contributed by atoms with Crippen molar-refractivity contribution in [3.8, 4) is 46.0 Å². The van der Waals surface area contributed by atoms with Crippen molar-refractivity contribution in [2.24, 2.45) is 0 Å². The first-order chi connectivity index (χ1) is 19.0. The van der Waals surface area contributed by atoms with Crippen molar-refractivity contribution in [3.63, 3.8) is 0 Å². The number of benzene rings is 4. The van der Waals surface area contributed by atoms with Gasteiger partial charge in [-0.2, -0.15) is 0 Å². The smallest absolute Gasteiger partial charge is 0.228 e. The minimum absolute atomic E-state index is 0.0833. The minimum Gasteiger partial charge on any atom is -0.508 e. The Kier molecular flexibility index (Phi) is 5.06. The standard InChI is InChI=1S/C30H22N4O5/c1-37-23-10-7-18(13-25(23)38-2)26-20-9-8-19(35)14-24(20)39-30-27(26)29-32-28(33-34(29)15-31-30)21-11-16-5-3-4-6-17(16)12-22(21)36/h3-15,26,35-36H,1-2H3. The van der Waals surface area contributed by atoms with E-state index in [-0.39, 0.29) is 17.4 Å². The Hall–Kier alpha value is -5.31. The van der Waals surface area contributed by atoms with Crippen LogP contribution in [0.2, 0.25) is 0 Å². The van der Waals surface area contributed by atoms with Gasteiger partial charge in [0.15, 0.2) is 23.0 Å². The average Bonchev–Trinajstić information content (AvgIpc) is 3.39. The van der Waals surface area contributed by atoms with Gasteiger partial charge in [0.05, 0.1) is 25.3 Å². The van der Waals surface area contributed by atoms with Gasteiger partial charge >= 0.3 is 0 Å². The molecule has 0 bridgehead atoms. The minimum atomic E-state index is -0.373. The molecule has 0 spiro atoms. The summed E-state index contributed by atoms with van der Waals surface area (Å²) in [6, 6.07) is 22.1. The molecule has 0 saturated carbocycles. The average molecular weight is 519 g/mol. The van der Waals surface area contributed by atoms with E-state index >= 15 is 0 Å². The third kappa shape index (κ3) is 3.58. The number of rotatable bonds is 4. The Morgan fingerprint density at radius 3 is 2.46 bits per heavy atom. The van der Waals surface area contributed by atoms with E-state index in [1.54, 1.807) is 36.9 Å². The van der Waals surface area contributed by atoms with Gasteiger partial charge in [-0.05, 0) is 46.7 Å². The summed E-state index contributed by atoms with van der Waals surface area (Å²) in [6.45, 7) is 0. The maximum absolute atomic E-state index is 10.8. The molecule has 0 fully saturated rings. The summed E-state index contributed by atoms with van der Waals surface area (Å²) < 4.78 is 18.8. The van der Waals surface area contributed by atoms with Gasteiger partial charge in [-0.15, -0.1) is 5.10 Å². The van der Waals surface area contributed by atoms with Gasteiger partial charge < -0.3 is 24.4 Å². The number of phenols is 2. The molecule has 9 nitrogen and oxygen atoms in total. The summed E-state index contributed by atoms with van der Waals surface area (Å²) in [4.78, 5) is 9.42. The topological polar surface area (TPSA) is 111 Å². The third-order valence-electron chi connectivity index (χ3n) is 7.04. The molecule has 0 radical (unpaired) electrons. The Bertz CT molecular complexity index is 1920. The molecule has 0 amide bonds. The molecule has 9 heteroatoms. The number of methoxy groups -OCH3 is 2. The van der Waals surface area contributed by atoms with Crippen molar-refractivity contribution < 1.29 is 24.4 Å². The fourth-order valence-electron chi connectivity index (χ4n) is 5.20. The molecule has 4 aromatic carbocycles. The predicted octanol–water partition coefficient (Wildman–Crippen LogP) is 5.66. The number of phenolic OH excluding ortho intramolecular Hbond substituents is 2. The van der Waals surface area contributed by atoms with E-state index in [2.05, 4.69) is 10.1 Å². The van der Waals surface area contributed by atoms with E-state index in [0.717, 1.165) is 21.9 Å². The van der Waals surface area contributed by atoms with Crippen molar-refractivity contribution in [1.29, 1.82) is 0 Å². The van der Waals surface area contributed by atoms with Crippen molar-refractivity contribution >= 4 is 16.4 Å². The first-order valence-corrected chi connectivity index (χ1v) is 12.2. The van der Waals surface area contributed by atoms with Crippen molar-refractivity contribution in [1.82, 2.24) is 19.6 Å². The quantitative estimate of drug-likeness (QED) is 0.307. The van der Waals surface area contributed by atoms with Gasteiger partial charge in [-0.1, -0.05) is 36.4 Å². The molecule has 2 aromatic heterocycles. The second-order valence-corrected chi connectivity index (χ2v) is 9.26. The normalized spacial score (nSPS) is 14.1. The molecule has 1 aliphatic rings. The van der Waals surface area contributed by atoms with Crippen LogP contribution in [-0.2, 0) is 0 Å². The molecule has 6 aromatic rings. The van der Waals surface area contributed by atoms with E-state index in [1.807, 2.05) is 54.6 Å². The third-order valence-corrected chi connectivity index (χ3v) is 7.04. The first-order valence-electron chi connectivity index (χ1n) is 12.2. The number of aromatic nitrogens is 4. The fourth-order valence-corrected chi connectivity index (χ4v) is 5.20. The lowest BCUT2D eigenvalue weighted by atomic mass is 9.83. The van der Waals surface area contributed by atoms with Gasteiger partial charge in [-0.3, -0.25) is 0 Å². The Labute approximate surface area is 222 Å². The second-order valence-electron chi connectivity index (χ2n) is 9.26. The van der Waals surface area contributed by atoms with Crippen molar-refractivity contribution in [2.75, 3.05) is 14.2 Å². The zero-order valence-corrected chi connectivity index (χ0v) is 21.0. The van der Waals surface area contributed by atoms with Gasteiger partial charge in [-0.25, -0.2) is 14.5 Å². The van der Waals surface area contributed by atoms with E-state index in [1.165, 1.54) is 6.33 Å². The highest BCUT2D eigenvalue weighted by atomic mass is 16.5. The lowest BCUT2D eigenvalue weighted by Crippen LogP contribution is -2.15. The van der Waals surface area contributed by atoms with E-state index in [9.17, 15) is 10.2 Å². The summed E-state index contributed by atoms with van der Waals surface area (Å²) in [6.07, 6.45) is 1.53. The molecule has 39 heavy (non-hydrogen) atoms. The van der Waals surface area contributed by atoms with Crippen LogP contribution in [-0.4, -0.2) is 44.0 Å². The van der Waals surface area contributed by atoms with Crippen LogP contribution in [0.1, 0.15) is 22.6 Å². The number of nitrogens with zero attached hydrogens (tertiary/aromatic N) is 4. The number of fused-ring (bicyclic) bond motifs is 5. The van der Waals surface area contributed by atoms with Crippen LogP contribution in [0.5, 0.6) is 34.6 Å².